The van der Waals surface area contributed by atoms with E-state index in [2.05, 4.69) is 31.0 Å². The normalized spacial score (nSPS) is 13.2. The first-order valence-electron chi connectivity index (χ1n) is 6.35. The van der Waals surface area contributed by atoms with Crippen LogP contribution in [0.25, 0.3) is 0 Å². The van der Waals surface area contributed by atoms with Crippen LogP contribution >= 0.6 is 15.9 Å². The molecule has 0 amide bonds. The number of nitrogens with one attached hydrogen (secondary N) is 2. The van der Waals surface area contributed by atoms with Crippen molar-refractivity contribution >= 4 is 31.8 Å². The molecule has 0 bridgehead atoms. The van der Waals surface area contributed by atoms with Crippen LogP contribution in [0.15, 0.2) is 21.6 Å². The van der Waals surface area contributed by atoms with Gasteiger partial charge in [-0.25, -0.2) is 18.1 Å². The number of rotatable bonds is 8. The predicted octanol–water partition coefficient (Wildman–Crippen LogP) is 1.98. The van der Waals surface area contributed by atoms with Crippen LogP contribution in [0, 0.1) is 0 Å². The summed E-state index contributed by atoms with van der Waals surface area (Å²) in [4.78, 5) is 4.23. The van der Waals surface area contributed by atoms with E-state index in [9.17, 15) is 8.42 Å². The lowest BCUT2D eigenvalue weighted by molar-refractivity contribution is 0.173. The Morgan fingerprint density at radius 3 is 2.70 bits per heavy atom. The predicted molar refractivity (Wildman–Crippen MR) is 82.4 cm³/mol. The van der Waals surface area contributed by atoms with E-state index in [-0.39, 0.29) is 10.9 Å². The lowest BCUT2D eigenvalue weighted by atomic mass is 10.3. The maximum atomic E-state index is 12.5. The Morgan fingerprint density at radius 1 is 1.45 bits per heavy atom. The van der Waals surface area contributed by atoms with Crippen LogP contribution in [0.1, 0.15) is 20.3 Å². The second kappa shape index (κ2) is 7.92. The highest BCUT2D eigenvalue weighted by molar-refractivity contribution is 9.10. The molecule has 1 aromatic rings. The Kier molecular flexibility index (Phi) is 6.87. The maximum Gasteiger partial charge on any atom is 0.244 e. The summed E-state index contributed by atoms with van der Waals surface area (Å²) in [6.45, 7) is 4.70. The van der Waals surface area contributed by atoms with Gasteiger partial charge in [0.15, 0.2) is 0 Å². The monoisotopic (exact) mass is 365 g/mol. The van der Waals surface area contributed by atoms with E-state index in [4.69, 9.17) is 4.74 Å². The minimum Gasteiger partial charge on any atom is -0.383 e. The second-order valence-electron chi connectivity index (χ2n) is 4.21. The van der Waals surface area contributed by atoms with E-state index in [0.29, 0.717) is 29.9 Å². The fraction of sp³-hybridized carbons (Fsp3) is 0.583. The zero-order chi connectivity index (χ0) is 15.2. The molecule has 1 heterocycles. The third-order valence-corrected chi connectivity index (χ3v) is 4.60. The molecule has 1 aromatic heterocycles. The Bertz CT molecular complexity index is 537. The Morgan fingerprint density at radius 2 is 2.15 bits per heavy atom. The van der Waals surface area contributed by atoms with Gasteiger partial charge in [0, 0.05) is 30.4 Å². The minimum absolute atomic E-state index is 0.128. The number of sulfonamides is 1. The van der Waals surface area contributed by atoms with Crippen molar-refractivity contribution < 1.29 is 13.2 Å². The van der Waals surface area contributed by atoms with Crippen LogP contribution in [-0.4, -0.2) is 39.7 Å². The van der Waals surface area contributed by atoms with Crippen molar-refractivity contribution in [3.8, 4) is 0 Å². The fourth-order valence-corrected chi connectivity index (χ4v) is 3.59. The van der Waals surface area contributed by atoms with Gasteiger partial charge in [-0.05, 0) is 35.3 Å². The number of anilines is 1. The number of nitrogens with zero attached hydrogens (tertiary/aromatic N) is 1. The first-order valence-corrected chi connectivity index (χ1v) is 8.62. The lowest BCUT2D eigenvalue weighted by Crippen LogP contribution is -2.37. The van der Waals surface area contributed by atoms with Gasteiger partial charge in [-0.1, -0.05) is 6.92 Å². The summed E-state index contributed by atoms with van der Waals surface area (Å²) in [5.41, 5.74) is 0. The molecule has 1 unspecified atom stereocenters. The smallest absolute Gasteiger partial charge is 0.244 e. The van der Waals surface area contributed by atoms with E-state index in [1.807, 2.05) is 13.8 Å². The maximum absolute atomic E-state index is 12.5. The number of hydrogen-bond donors (Lipinski definition) is 2. The second-order valence-corrected chi connectivity index (χ2v) is 6.81. The van der Waals surface area contributed by atoms with Crippen molar-refractivity contribution in [2.45, 2.75) is 31.2 Å². The van der Waals surface area contributed by atoms with Crippen molar-refractivity contribution in [1.29, 1.82) is 0 Å². The average Bonchev–Trinajstić information content (AvgIpc) is 2.40. The molecule has 1 atom stereocenters. The van der Waals surface area contributed by atoms with Gasteiger partial charge in [0.05, 0.1) is 6.61 Å². The fourth-order valence-electron chi connectivity index (χ4n) is 1.65. The van der Waals surface area contributed by atoms with Crippen LogP contribution < -0.4 is 10.0 Å². The molecule has 6 nitrogen and oxygen atoms in total. The van der Waals surface area contributed by atoms with Gasteiger partial charge in [-0.2, -0.15) is 0 Å². The SMILES string of the molecule is CCNc1ncc(Br)cc1S(=O)(=O)NC(CC)COC. The van der Waals surface area contributed by atoms with Gasteiger partial charge in [-0.15, -0.1) is 0 Å². The molecule has 2 N–H and O–H groups in total. The Balaban J connectivity index is 3.10. The molecule has 8 heteroatoms. The van der Waals surface area contributed by atoms with E-state index < -0.39 is 10.0 Å². The molecule has 0 saturated heterocycles. The minimum atomic E-state index is -3.65. The quantitative estimate of drug-likeness (QED) is 0.736. The molecule has 114 valence electrons. The molecule has 0 saturated carbocycles. The average molecular weight is 366 g/mol. The van der Waals surface area contributed by atoms with Gasteiger partial charge in [0.25, 0.3) is 0 Å². The summed E-state index contributed by atoms with van der Waals surface area (Å²) in [5, 5.41) is 2.95. The topological polar surface area (TPSA) is 80.3 Å². The molecule has 0 aliphatic carbocycles. The molecule has 1 rings (SSSR count). The summed E-state index contributed by atoms with van der Waals surface area (Å²) in [7, 11) is -2.11. The molecule has 0 spiro atoms. The standard InChI is InChI=1S/C12H20BrN3O3S/c1-4-10(8-19-3)16-20(17,18)11-6-9(13)7-15-12(11)14-5-2/h6-7,10,16H,4-5,8H2,1-3H3,(H,14,15). The number of aromatic nitrogens is 1. The third-order valence-electron chi connectivity index (χ3n) is 2.64. The molecule has 0 radical (unpaired) electrons. The van der Waals surface area contributed by atoms with E-state index in [1.54, 1.807) is 13.3 Å². The van der Waals surface area contributed by atoms with Gasteiger partial charge in [-0.3, -0.25) is 0 Å². The summed E-state index contributed by atoms with van der Waals surface area (Å²) in [6.07, 6.45) is 2.20. The highest BCUT2D eigenvalue weighted by atomic mass is 79.9. The van der Waals surface area contributed by atoms with E-state index in [0.717, 1.165) is 0 Å². The number of methoxy groups -OCH3 is 1. The number of hydrogen-bond acceptors (Lipinski definition) is 5. The number of ether oxygens (including phenoxy) is 1. The molecule has 0 aliphatic rings. The van der Waals surface area contributed by atoms with Gasteiger partial charge < -0.3 is 10.1 Å². The molecule has 0 aliphatic heterocycles. The molecular weight excluding hydrogens is 346 g/mol. The first kappa shape index (κ1) is 17.4. The summed E-state index contributed by atoms with van der Waals surface area (Å²) in [6, 6.07) is 1.27. The largest absolute Gasteiger partial charge is 0.383 e. The van der Waals surface area contributed by atoms with E-state index in [1.165, 1.54) is 6.07 Å². The summed E-state index contributed by atoms with van der Waals surface area (Å²) in [5.74, 6) is 0.343. The van der Waals surface area contributed by atoms with Crippen LogP contribution in [0.3, 0.4) is 0 Å². The van der Waals surface area contributed by atoms with E-state index >= 15 is 0 Å². The Hall–Kier alpha value is -0.700. The highest BCUT2D eigenvalue weighted by Crippen LogP contribution is 2.23. The van der Waals surface area contributed by atoms with Crippen LogP contribution in [0.5, 0.6) is 0 Å². The highest BCUT2D eigenvalue weighted by Gasteiger charge is 2.23. The third kappa shape index (κ3) is 4.69. The first-order chi connectivity index (χ1) is 9.44. The zero-order valence-corrected chi connectivity index (χ0v) is 14.2. The van der Waals surface area contributed by atoms with Gasteiger partial charge >= 0.3 is 0 Å². The molecular formula is C12H20BrN3O3S. The summed E-state index contributed by atoms with van der Waals surface area (Å²) < 4.78 is 33.2. The van der Waals surface area contributed by atoms with Crippen molar-refractivity contribution in [2.75, 3.05) is 25.6 Å². The van der Waals surface area contributed by atoms with Crippen molar-refractivity contribution in [1.82, 2.24) is 9.71 Å². The van der Waals surface area contributed by atoms with Crippen molar-refractivity contribution in [2.24, 2.45) is 0 Å². The number of halogens is 1. The summed E-state index contributed by atoms with van der Waals surface area (Å²) >= 11 is 3.25. The van der Waals surface area contributed by atoms with Crippen LogP contribution in [0.2, 0.25) is 0 Å². The lowest BCUT2D eigenvalue weighted by Gasteiger charge is -2.17. The number of pyridine rings is 1. The molecule has 0 aromatic carbocycles. The van der Waals surface area contributed by atoms with Gasteiger partial charge in [0.2, 0.25) is 10.0 Å². The van der Waals surface area contributed by atoms with Crippen LogP contribution in [0.4, 0.5) is 5.82 Å². The molecule has 0 fully saturated rings. The van der Waals surface area contributed by atoms with Gasteiger partial charge in [0.1, 0.15) is 10.7 Å². The van der Waals surface area contributed by atoms with Crippen LogP contribution in [-0.2, 0) is 14.8 Å². The zero-order valence-electron chi connectivity index (χ0n) is 11.8. The van der Waals surface area contributed by atoms with Crippen molar-refractivity contribution in [3.05, 3.63) is 16.7 Å². The Labute approximate surface area is 128 Å². The molecule has 20 heavy (non-hydrogen) atoms. The van der Waals surface area contributed by atoms with Crippen molar-refractivity contribution in [3.63, 3.8) is 0 Å².